The van der Waals surface area contributed by atoms with Gasteiger partial charge in [0.2, 0.25) is 0 Å². The first-order valence-corrected chi connectivity index (χ1v) is 6.44. The van der Waals surface area contributed by atoms with Crippen LogP contribution in [0.1, 0.15) is 41.6 Å². The fourth-order valence-corrected chi connectivity index (χ4v) is 2.45. The highest BCUT2D eigenvalue weighted by molar-refractivity contribution is 6.31. The van der Waals surface area contributed by atoms with Crippen molar-refractivity contribution < 1.29 is 4.79 Å². The van der Waals surface area contributed by atoms with Crippen LogP contribution in [0.5, 0.6) is 0 Å². The van der Waals surface area contributed by atoms with Crippen molar-refractivity contribution in [2.45, 2.75) is 38.1 Å². The highest BCUT2D eigenvalue weighted by Crippen LogP contribution is 2.29. The van der Waals surface area contributed by atoms with E-state index >= 15 is 0 Å². The smallest absolute Gasteiger partial charge is 0.252 e. The largest absolute Gasteiger partial charge is 0.334 e. The van der Waals surface area contributed by atoms with Crippen LogP contribution < -0.4 is 5.32 Å². The van der Waals surface area contributed by atoms with Gasteiger partial charge in [0.15, 0.2) is 0 Å². The van der Waals surface area contributed by atoms with E-state index in [4.69, 9.17) is 11.6 Å². The van der Waals surface area contributed by atoms with Crippen molar-refractivity contribution in [1.82, 2.24) is 5.32 Å². The summed E-state index contributed by atoms with van der Waals surface area (Å²) < 4.78 is 0. The molecule has 0 atom stereocenters. The van der Waals surface area contributed by atoms with Crippen LogP contribution >= 0.6 is 11.6 Å². The van der Waals surface area contributed by atoms with Crippen LogP contribution in [0.15, 0.2) is 18.2 Å². The zero-order valence-corrected chi connectivity index (χ0v) is 11.0. The van der Waals surface area contributed by atoms with Gasteiger partial charge in [-0.05, 0) is 50.3 Å². The first-order valence-electron chi connectivity index (χ1n) is 6.06. The van der Waals surface area contributed by atoms with Gasteiger partial charge >= 0.3 is 0 Å². The second-order valence-electron chi connectivity index (χ2n) is 4.82. The average molecular weight is 263 g/mol. The van der Waals surface area contributed by atoms with Crippen LogP contribution in [0.25, 0.3) is 0 Å². The Hall–Kier alpha value is -1.53. The van der Waals surface area contributed by atoms with Gasteiger partial charge in [0.05, 0.1) is 6.07 Å². The number of carbonyl (C=O) groups excluding carboxylic acids is 1. The van der Waals surface area contributed by atoms with Crippen molar-refractivity contribution in [2.75, 3.05) is 0 Å². The summed E-state index contributed by atoms with van der Waals surface area (Å²) in [5.41, 5.74) is 0.755. The monoisotopic (exact) mass is 262 g/mol. The van der Waals surface area contributed by atoms with Crippen molar-refractivity contribution in [3.63, 3.8) is 0 Å². The Bertz CT molecular complexity index is 513. The van der Waals surface area contributed by atoms with Crippen molar-refractivity contribution >= 4 is 17.5 Å². The maximum Gasteiger partial charge on any atom is 0.252 e. The molecule has 1 N–H and O–H groups in total. The van der Waals surface area contributed by atoms with Crippen molar-refractivity contribution in [3.05, 3.63) is 34.3 Å². The summed E-state index contributed by atoms with van der Waals surface area (Å²) in [6, 6.07) is 7.43. The standard InChI is InChI=1S/C14H15ClN2O/c1-10-4-5-11(8-12(10)15)13(18)17-14(9-16)6-2-3-7-14/h4-5,8H,2-3,6-7H2,1H3,(H,17,18). The number of hydrogen-bond acceptors (Lipinski definition) is 2. The first-order chi connectivity index (χ1) is 8.56. The third kappa shape index (κ3) is 2.49. The molecule has 0 saturated heterocycles. The van der Waals surface area contributed by atoms with Gasteiger partial charge < -0.3 is 5.32 Å². The summed E-state index contributed by atoms with van der Waals surface area (Å²) in [5, 5.41) is 12.6. The minimum atomic E-state index is -0.686. The number of aryl methyl sites for hydroxylation is 1. The van der Waals surface area contributed by atoms with E-state index in [1.807, 2.05) is 13.0 Å². The lowest BCUT2D eigenvalue weighted by Gasteiger charge is -2.22. The molecule has 1 aliphatic carbocycles. The Balaban J connectivity index is 2.17. The van der Waals surface area contributed by atoms with E-state index < -0.39 is 5.54 Å². The van der Waals surface area contributed by atoms with Crippen molar-refractivity contribution in [1.29, 1.82) is 5.26 Å². The molecule has 0 spiro atoms. The lowest BCUT2D eigenvalue weighted by Crippen LogP contribution is -2.45. The van der Waals surface area contributed by atoms with Crippen LogP contribution in [0.4, 0.5) is 0 Å². The zero-order valence-electron chi connectivity index (χ0n) is 10.3. The second-order valence-corrected chi connectivity index (χ2v) is 5.23. The SMILES string of the molecule is Cc1ccc(C(=O)NC2(C#N)CCCC2)cc1Cl. The van der Waals surface area contributed by atoms with E-state index in [1.54, 1.807) is 12.1 Å². The van der Waals surface area contributed by atoms with Gasteiger partial charge in [-0.25, -0.2) is 0 Å². The normalized spacial score (nSPS) is 17.2. The molecule has 1 aromatic carbocycles. The molecule has 0 radical (unpaired) electrons. The number of nitriles is 1. The fourth-order valence-electron chi connectivity index (χ4n) is 2.27. The lowest BCUT2D eigenvalue weighted by molar-refractivity contribution is 0.0920. The highest BCUT2D eigenvalue weighted by Gasteiger charge is 2.35. The maximum atomic E-state index is 12.1. The fraction of sp³-hybridized carbons (Fsp3) is 0.429. The molecular weight excluding hydrogens is 248 g/mol. The minimum Gasteiger partial charge on any atom is -0.334 e. The van der Waals surface area contributed by atoms with E-state index in [0.717, 1.165) is 31.2 Å². The topological polar surface area (TPSA) is 52.9 Å². The Labute approximate surface area is 112 Å². The molecule has 2 rings (SSSR count). The average Bonchev–Trinajstić information content (AvgIpc) is 2.82. The lowest BCUT2D eigenvalue weighted by atomic mass is 9.99. The Kier molecular flexibility index (Phi) is 3.58. The predicted octanol–water partition coefficient (Wildman–Crippen LogP) is 3.21. The molecule has 4 heteroatoms. The number of hydrogen-bond donors (Lipinski definition) is 1. The molecule has 0 heterocycles. The van der Waals surface area contributed by atoms with Gasteiger partial charge in [0, 0.05) is 10.6 Å². The van der Waals surface area contributed by atoms with Crippen molar-refractivity contribution in [3.8, 4) is 6.07 Å². The van der Waals surface area contributed by atoms with Gasteiger partial charge in [-0.15, -0.1) is 0 Å². The van der Waals surface area contributed by atoms with Crippen LogP contribution in [0.3, 0.4) is 0 Å². The number of carbonyl (C=O) groups is 1. The molecule has 3 nitrogen and oxygen atoms in total. The Morgan fingerprint density at radius 3 is 2.67 bits per heavy atom. The summed E-state index contributed by atoms with van der Waals surface area (Å²) >= 11 is 6.00. The number of nitrogens with one attached hydrogen (secondary N) is 1. The van der Waals surface area contributed by atoms with Gasteiger partial charge in [0.1, 0.15) is 5.54 Å². The maximum absolute atomic E-state index is 12.1. The van der Waals surface area contributed by atoms with Gasteiger partial charge in [0.25, 0.3) is 5.91 Å². The number of rotatable bonds is 2. The van der Waals surface area contributed by atoms with Crippen LogP contribution in [-0.2, 0) is 0 Å². The highest BCUT2D eigenvalue weighted by atomic mass is 35.5. The molecule has 1 aliphatic rings. The number of halogens is 1. The van der Waals surface area contributed by atoms with E-state index in [9.17, 15) is 10.1 Å². The minimum absolute atomic E-state index is 0.222. The third-order valence-corrected chi connectivity index (χ3v) is 3.87. The van der Waals surface area contributed by atoms with E-state index in [2.05, 4.69) is 11.4 Å². The number of amides is 1. The summed E-state index contributed by atoms with van der Waals surface area (Å²) in [7, 11) is 0. The summed E-state index contributed by atoms with van der Waals surface area (Å²) in [6.07, 6.45) is 3.44. The molecule has 1 amide bonds. The molecular formula is C14H15ClN2O. The zero-order chi connectivity index (χ0) is 13.2. The molecule has 1 saturated carbocycles. The quantitative estimate of drug-likeness (QED) is 0.890. The number of benzene rings is 1. The predicted molar refractivity (Wildman–Crippen MR) is 70.5 cm³/mol. The summed E-state index contributed by atoms with van der Waals surface area (Å²) in [4.78, 5) is 12.1. The van der Waals surface area contributed by atoms with Crippen LogP contribution in [0, 0.1) is 18.3 Å². The summed E-state index contributed by atoms with van der Waals surface area (Å²) in [6.45, 7) is 1.89. The van der Waals surface area contributed by atoms with E-state index in [-0.39, 0.29) is 5.91 Å². The molecule has 0 unspecified atom stereocenters. The molecule has 0 bridgehead atoms. The van der Waals surface area contributed by atoms with E-state index in [1.165, 1.54) is 0 Å². The van der Waals surface area contributed by atoms with Gasteiger partial charge in [-0.3, -0.25) is 4.79 Å². The van der Waals surface area contributed by atoms with Crippen LogP contribution in [-0.4, -0.2) is 11.4 Å². The molecule has 0 aliphatic heterocycles. The Morgan fingerprint density at radius 2 is 2.11 bits per heavy atom. The first kappa shape index (κ1) is 12.9. The second kappa shape index (κ2) is 4.99. The Morgan fingerprint density at radius 1 is 1.44 bits per heavy atom. The molecule has 1 fully saturated rings. The molecule has 1 aromatic rings. The van der Waals surface area contributed by atoms with Gasteiger partial charge in [-0.2, -0.15) is 5.26 Å². The summed E-state index contributed by atoms with van der Waals surface area (Å²) in [5.74, 6) is -0.222. The van der Waals surface area contributed by atoms with E-state index in [0.29, 0.717) is 10.6 Å². The van der Waals surface area contributed by atoms with Gasteiger partial charge in [-0.1, -0.05) is 17.7 Å². The molecule has 18 heavy (non-hydrogen) atoms. The number of nitrogens with zero attached hydrogens (tertiary/aromatic N) is 1. The third-order valence-electron chi connectivity index (χ3n) is 3.46. The molecule has 0 aromatic heterocycles. The molecule has 94 valence electrons. The van der Waals surface area contributed by atoms with Crippen LogP contribution in [0.2, 0.25) is 5.02 Å². The van der Waals surface area contributed by atoms with Crippen molar-refractivity contribution in [2.24, 2.45) is 0 Å².